The average molecular weight is 353 g/mol. The van der Waals surface area contributed by atoms with Gasteiger partial charge in [-0.15, -0.1) is 0 Å². The summed E-state index contributed by atoms with van der Waals surface area (Å²) in [6, 6.07) is 9.37. The third-order valence-electron chi connectivity index (χ3n) is 4.17. The van der Waals surface area contributed by atoms with Gasteiger partial charge in [-0.25, -0.2) is 9.98 Å². The maximum Gasteiger partial charge on any atom is 0.231 e. The molecule has 0 amide bonds. The number of ether oxygens (including phenoxy) is 3. The zero-order valence-electron chi connectivity index (χ0n) is 14.2. The van der Waals surface area contributed by atoms with Crippen LogP contribution >= 0.6 is 0 Å². The second kappa shape index (κ2) is 6.23. The lowest BCUT2D eigenvalue weighted by molar-refractivity contribution is 0.174. The minimum absolute atomic E-state index is 0.235. The predicted octanol–water partition coefficient (Wildman–Crippen LogP) is 0.975. The molecule has 1 atom stereocenters. The number of aromatic nitrogens is 1. The van der Waals surface area contributed by atoms with Crippen LogP contribution in [0.5, 0.6) is 17.4 Å². The lowest BCUT2D eigenvalue weighted by Crippen LogP contribution is -2.59. The Bertz CT molecular complexity index is 894. The predicted molar refractivity (Wildman–Crippen MR) is 96.7 cm³/mol. The summed E-state index contributed by atoms with van der Waals surface area (Å²) in [5.74, 6) is 2.23. The SMILES string of the molecule is COc1ccc(C2=CC(N)(Cc3ccc4c(c3)OCO4)NC(N)=N2)cn1. The Balaban J connectivity index is 1.62. The Morgan fingerprint density at radius 3 is 2.85 bits per heavy atom. The van der Waals surface area contributed by atoms with E-state index in [1.54, 1.807) is 19.4 Å². The Morgan fingerprint density at radius 1 is 1.23 bits per heavy atom. The smallest absolute Gasteiger partial charge is 0.231 e. The number of aliphatic imine (C=N–C) groups is 1. The third-order valence-corrected chi connectivity index (χ3v) is 4.17. The van der Waals surface area contributed by atoms with Crippen LogP contribution in [-0.2, 0) is 6.42 Å². The maximum absolute atomic E-state index is 6.55. The Morgan fingerprint density at radius 2 is 2.08 bits per heavy atom. The number of guanidine groups is 1. The summed E-state index contributed by atoms with van der Waals surface area (Å²) >= 11 is 0. The van der Waals surface area contributed by atoms with Crippen molar-refractivity contribution in [2.45, 2.75) is 12.1 Å². The van der Waals surface area contributed by atoms with Crippen LogP contribution in [-0.4, -0.2) is 30.5 Å². The molecule has 3 heterocycles. The fourth-order valence-corrected chi connectivity index (χ4v) is 2.99. The van der Waals surface area contributed by atoms with Crippen molar-refractivity contribution in [1.29, 1.82) is 0 Å². The molecule has 26 heavy (non-hydrogen) atoms. The number of nitrogens with two attached hydrogens (primary N) is 2. The second-order valence-corrected chi connectivity index (χ2v) is 6.15. The monoisotopic (exact) mass is 353 g/mol. The van der Waals surface area contributed by atoms with Gasteiger partial charge in [-0.05, 0) is 29.8 Å². The van der Waals surface area contributed by atoms with E-state index in [4.69, 9.17) is 25.7 Å². The molecule has 8 heteroatoms. The van der Waals surface area contributed by atoms with E-state index in [-0.39, 0.29) is 12.8 Å². The molecule has 0 fully saturated rings. The van der Waals surface area contributed by atoms with Crippen LogP contribution in [0.2, 0.25) is 0 Å². The van der Waals surface area contributed by atoms with E-state index < -0.39 is 5.66 Å². The van der Waals surface area contributed by atoms with Crippen LogP contribution in [0.4, 0.5) is 0 Å². The molecule has 1 aromatic heterocycles. The van der Waals surface area contributed by atoms with E-state index in [1.807, 2.05) is 30.3 Å². The summed E-state index contributed by atoms with van der Waals surface area (Å²) in [4.78, 5) is 8.55. The minimum Gasteiger partial charge on any atom is -0.481 e. The first kappa shape index (κ1) is 16.2. The Hall–Kier alpha value is -3.26. The Kier molecular flexibility index (Phi) is 3.89. The quantitative estimate of drug-likeness (QED) is 0.750. The van der Waals surface area contributed by atoms with Gasteiger partial charge in [0.2, 0.25) is 12.7 Å². The molecule has 2 aromatic rings. The number of hydrogen-bond donors (Lipinski definition) is 3. The van der Waals surface area contributed by atoms with E-state index in [1.165, 1.54) is 0 Å². The summed E-state index contributed by atoms with van der Waals surface area (Å²) in [5.41, 5.74) is 14.1. The highest BCUT2D eigenvalue weighted by atomic mass is 16.7. The van der Waals surface area contributed by atoms with Crippen molar-refractivity contribution < 1.29 is 14.2 Å². The molecule has 5 N–H and O–H groups in total. The lowest BCUT2D eigenvalue weighted by atomic mass is 9.96. The van der Waals surface area contributed by atoms with Gasteiger partial charge in [-0.1, -0.05) is 6.07 Å². The van der Waals surface area contributed by atoms with Crippen LogP contribution in [0.1, 0.15) is 11.1 Å². The van der Waals surface area contributed by atoms with E-state index >= 15 is 0 Å². The van der Waals surface area contributed by atoms with Crippen molar-refractivity contribution in [2.24, 2.45) is 16.5 Å². The molecule has 1 unspecified atom stereocenters. The number of hydrogen-bond acceptors (Lipinski definition) is 8. The summed E-state index contributed by atoms with van der Waals surface area (Å²) in [6.07, 6.45) is 4.01. The zero-order valence-corrected chi connectivity index (χ0v) is 14.2. The number of methoxy groups -OCH3 is 1. The molecule has 0 bridgehead atoms. The summed E-state index contributed by atoms with van der Waals surface area (Å²) in [7, 11) is 1.57. The van der Waals surface area contributed by atoms with Crippen molar-refractivity contribution in [3.8, 4) is 17.4 Å². The number of fused-ring (bicyclic) bond motifs is 1. The molecule has 1 aromatic carbocycles. The molecule has 4 rings (SSSR count). The highest BCUT2D eigenvalue weighted by Gasteiger charge is 2.29. The van der Waals surface area contributed by atoms with Crippen molar-refractivity contribution in [3.63, 3.8) is 0 Å². The van der Waals surface area contributed by atoms with E-state index in [9.17, 15) is 0 Å². The number of nitrogens with one attached hydrogen (secondary N) is 1. The van der Waals surface area contributed by atoms with Gasteiger partial charge in [0.25, 0.3) is 0 Å². The van der Waals surface area contributed by atoms with Crippen molar-refractivity contribution in [2.75, 3.05) is 13.9 Å². The molecular weight excluding hydrogens is 334 g/mol. The number of nitrogens with zero attached hydrogens (tertiary/aromatic N) is 2. The number of benzene rings is 1. The van der Waals surface area contributed by atoms with Gasteiger partial charge in [-0.2, -0.15) is 0 Å². The molecule has 2 aliphatic rings. The van der Waals surface area contributed by atoms with Gasteiger partial charge in [0.05, 0.1) is 12.8 Å². The first-order chi connectivity index (χ1) is 12.5. The van der Waals surface area contributed by atoms with Gasteiger partial charge in [0, 0.05) is 24.2 Å². The molecule has 0 spiro atoms. The van der Waals surface area contributed by atoms with Gasteiger partial charge in [0.15, 0.2) is 17.5 Å². The third kappa shape index (κ3) is 3.14. The van der Waals surface area contributed by atoms with Crippen LogP contribution in [0.3, 0.4) is 0 Å². The van der Waals surface area contributed by atoms with Crippen molar-refractivity contribution >= 4 is 11.7 Å². The molecule has 134 valence electrons. The first-order valence-corrected chi connectivity index (χ1v) is 8.08. The minimum atomic E-state index is -0.894. The number of rotatable bonds is 4. The molecule has 0 radical (unpaired) electrons. The maximum atomic E-state index is 6.55. The summed E-state index contributed by atoms with van der Waals surface area (Å²) in [6.45, 7) is 0.235. The first-order valence-electron chi connectivity index (χ1n) is 8.08. The van der Waals surface area contributed by atoms with Crippen LogP contribution in [0.25, 0.3) is 5.70 Å². The molecular formula is C18H19N5O3. The molecule has 0 saturated carbocycles. The topological polar surface area (TPSA) is 117 Å². The highest BCUT2D eigenvalue weighted by molar-refractivity contribution is 5.88. The van der Waals surface area contributed by atoms with E-state index in [0.717, 1.165) is 16.9 Å². The molecule has 2 aliphatic heterocycles. The van der Waals surface area contributed by atoms with E-state index in [2.05, 4.69) is 15.3 Å². The molecule has 0 aliphatic carbocycles. The van der Waals surface area contributed by atoms with Crippen LogP contribution in [0.15, 0.2) is 47.6 Å². The largest absolute Gasteiger partial charge is 0.481 e. The fourth-order valence-electron chi connectivity index (χ4n) is 2.99. The average Bonchev–Trinajstić information content (AvgIpc) is 3.08. The van der Waals surface area contributed by atoms with Gasteiger partial charge < -0.3 is 31.0 Å². The summed E-state index contributed by atoms with van der Waals surface area (Å²) in [5, 5.41) is 3.04. The highest BCUT2D eigenvalue weighted by Crippen LogP contribution is 2.33. The standard InChI is InChI=1S/C18H19N5O3/c1-24-16-5-3-12(9-21-16)13-8-18(20,23-17(19)22-13)7-11-2-4-14-15(6-11)26-10-25-14/h2-6,8-9H,7,10,20H2,1H3,(H3,19,22,23). The molecule has 0 saturated heterocycles. The number of pyridine rings is 1. The normalized spacial score (nSPS) is 20.8. The second-order valence-electron chi connectivity index (χ2n) is 6.15. The van der Waals surface area contributed by atoms with Gasteiger partial charge >= 0.3 is 0 Å². The Labute approximate surface area is 150 Å². The zero-order chi connectivity index (χ0) is 18.1. The van der Waals surface area contributed by atoms with Gasteiger partial charge in [0.1, 0.15) is 5.66 Å². The van der Waals surface area contributed by atoms with Crippen LogP contribution < -0.4 is 31.0 Å². The van der Waals surface area contributed by atoms with Crippen molar-refractivity contribution in [1.82, 2.24) is 10.3 Å². The summed E-state index contributed by atoms with van der Waals surface area (Å²) < 4.78 is 15.9. The fraction of sp³-hybridized carbons (Fsp3) is 0.222. The van der Waals surface area contributed by atoms with Crippen LogP contribution in [0, 0.1) is 0 Å². The van der Waals surface area contributed by atoms with Crippen molar-refractivity contribution in [3.05, 3.63) is 53.7 Å². The lowest BCUT2D eigenvalue weighted by Gasteiger charge is -2.32. The van der Waals surface area contributed by atoms with E-state index in [0.29, 0.717) is 23.7 Å². The van der Waals surface area contributed by atoms with Gasteiger partial charge in [-0.3, -0.25) is 0 Å². The molecule has 8 nitrogen and oxygen atoms in total.